The third kappa shape index (κ3) is 4.96. The molecule has 2 atom stereocenters. The summed E-state index contributed by atoms with van der Waals surface area (Å²) in [6.07, 6.45) is 4.30. The Morgan fingerprint density at radius 1 is 1.53 bits per heavy atom. The summed E-state index contributed by atoms with van der Waals surface area (Å²) in [5.41, 5.74) is 0.0500. The van der Waals surface area contributed by atoms with E-state index in [1.54, 1.807) is 0 Å². The van der Waals surface area contributed by atoms with Crippen molar-refractivity contribution in [3.63, 3.8) is 0 Å². The molecule has 0 bridgehead atoms. The Kier molecular flexibility index (Phi) is 5.03. The SMILES string of the molecule is CCCC(O)CNCC1CCC(C)(C)O1. The smallest absolute Gasteiger partial charge is 0.0707 e. The van der Waals surface area contributed by atoms with Crippen LogP contribution in [0.25, 0.3) is 0 Å². The van der Waals surface area contributed by atoms with Crippen molar-refractivity contribution in [2.45, 2.75) is 64.3 Å². The van der Waals surface area contributed by atoms with Gasteiger partial charge in [-0.1, -0.05) is 13.3 Å². The van der Waals surface area contributed by atoms with Crippen molar-refractivity contribution in [3.8, 4) is 0 Å². The fourth-order valence-electron chi connectivity index (χ4n) is 2.07. The monoisotopic (exact) mass is 215 g/mol. The van der Waals surface area contributed by atoms with Crippen molar-refractivity contribution in [2.75, 3.05) is 13.1 Å². The molecule has 0 aliphatic carbocycles. The highest BCUT2D eigenvalue weighted by atomic mass is 16.5. The largest absolute Gasteiger partial charge is 0.392 e. The van der Waals surface area contributed by atoms with Gasteiger partial charge in [0.1, 0.15) is 0 Å². The molecule has 2 unspecified atom stereocenters. The molecule has 0 spiro atoms. The first-order chi connectivity index (χ1) is 7.03. The van der Waals surface area contributed by atoms with Crippen LogP contribution in [0.5, 0.6) is 0 Å². The second-order valence-corrected chi connectivity index (χ2v) is 5.14. The average molecular weight is 215 g/mol. The molecule has 0 saturated carbocycles. The first-order valence-corrected chi connectivity index (χ1v) is 6.10. The van der Waals surface area contributed by atoms with Crippen LogP contribution in [0, 0.1) is 0 Å². The van der Waals surface area contributed by atoms with Crippen LogP contribution in [-0.4, -0.2) is 36.0 Å². The van der Waals surface area contributed by atoms with E-state index in [9.17, 15) is 5.11 Å². The Morgan fingerprint density at radius 3 is 2.80 bits per heavy atom. The minimum atomic E-state index is -0.204. The van der Waals surface area contributed by atoms with Crippen LogP contribution >= 0.6 is 0 Å². The zero-order valence-electron chi connectivity index (χ0n) is 10.3. The minimum absolute atomic E-state index is 0.0500. The first-order valence-electron chi connectivity index (χ1n) is 6.10. The molecular weight excluding hydrogens is 190 g/mol. The van der Waals surface area contributed by atoms with Gasteiger partial charge >= 0.3 is 0 Å². The zero-order valence-corrected chi connectivity index (χ0v) is 10.3. The summed E-state index contributed by atoms with van der Waals surface area (Å²) >= 11 is 0. The summed E-state index contributed by atoms with van der Waals surface area (Å²) in [7, 11) is 0. The van der Waals surface area contributed by atoms with Crippen LogP contribution in [0.3, 0.4) is 0 Å². The summed E-state index contributed by atoms with van der Waals surface area (Å²) in [5.74, 6) is 0. The van der Waals surface area contributed by atoms with Gasteiger partial charge in [0.2, 0.25) is 0 Å². The molecule has 15 heavy (non-hydrogen) atoms. The van der Waals surface area contributed by atoms with Gasteiger partial charge in [-0.05, 0) is 33.1 Å². The number of hydrogen-bond donors (Lipinski definition) is 2. The maximum atomic E-state index is 9.52. The van der Waals surface area contributed by atoms with Crippen molar-refractivity contribution < 1.29 is 9.84 Å². The van der Waals surface area contributed by atoms with E-state index in [-0.39, 0.29) is 11.7 Å². The Morgan fingerprint density at radius 2 is 2.27 bits per heavy atom. The summed E-state index contributed by atoms with van der Waals surface area (Å²) < 4.78 is 5.85. The standard InChI is InChI=1S/C12H25NO2/c1-4-5-10(14)8-13-9-11-6-7-12(2,3)15-11/h10-11,13-14H,4-9H2,1-3H3. The maximum absolute atomic E-state index is 9.52. The number of hydrogen-bond acceptors (Lipinski definition) is 3. The predicted octanol–water partition coefficient (Wildman–Crippen LogP) is 1.69. The van der Waals surface area contributed by atoms with E-state index in [4.69, 9.17) is 4.74 Å². The second kappa shape index (κ2) is 5.83. The van der Waals surface area contributed by atoms with Crippen molar-refractivity contribution in [1.82, 2.24) is 5.32 Å². The first kappa shape index (κ1) is 12.9. The van der Waals surface area contributed by atoms with Gasteiger partial charge in [0.25, 0.3) is 0 Å². The molecule has 2 N–H and O–H groups in total. The lowest BCUT2D eigenvalue weighted by Crippen LogP contribution is -2.34. The van der Waals surface area contributed by atoms with Crippen LogP contribution in [0.2, 0.25) is 0 Å². The van der Waals surface area contributed by atoms with E-state index in [1.807, 2.05) is 0 Å². The Hall–Kier alpha value is -0.120. The molecule has 1 aliphatic rings. The highest BCUT2D eigenvalue weighted by Gasteiger charge is 2.31. The van der Waals surface area contributed by atoms with E-state index in [1.165, 1.54) is 0 Å². The molecule has 1 rings (SSSR count). The van der Waals surface area contributed by atoms with E-state index in [0.29, 0.717) is 12.6 Å². The topological polar surface area (TPSA) is 41.5 Å². The van der Waals surface area contributed by atoms with E-state index < -0.39 is 0 Å². The van der Waals surface area contributed by atoms with Crippen LogP contribution in [0.1, 0.15) is 46.5 Å². The van der Waals surface area contributed by atoms with Gasteiger partial charge in [0.15, 0.2) is 0 Å². The van der Waals surface area contributed by atoms with Crippen LogP contribution in [-0.2, 0) is 4.74 Å². The van der Waals surface area contributed by atoms with Crippen molar-refractivity contribution in [2.24, 2.45) is 0 Å². The molecule has 0 amide bonds. The van der Waals surface area contributed by atoms with Gasteiger partial charge in [0, 0.05) is 13.1 Å². The van der Waals surface area contributed by atoms with E-state index in [2.05, 4.69) is 26.1 Å². The number of ether oxygens (including phenoxy) is 1. The summed E-state index contributed by atoms with van der Waals surface area (Å²) in [4.78, 5) is 0. The number of aliphatic hydroxyl groups is 1. The van der Waals surface area contributed by atoms with Crippen molar-refractivity contribution >= 4 is 0 Å². The quantitative estimate of drug-likeness (QED) is 0.708. The van der Waals surface area contributed by atoms with E-state index >= 15 is 0 Å². The summed E-state index contributed by atoms with van der Waals surface area (Å²) in [6.45, 7) is 7.92. The van der Waals surface area contributed by atoms with E-state index in [0.717, 1.165) is 32.2 Å². The maximum Gasteiger partial charge on any atom is 0.0707 e. The number of aliphatic hydroxyl groups excluding tert-OH is 1. The molecule has 0 aromatic heterocycles. The lowest BCUT2D eigenvalue weighted by atomic mass is 10.1. The van der Waals surface area contributed by atoms with Crippen molar-refractivity contribution in [3.05, 3.63) is 0 Å². The number of rotatable bonds is 6. The molecule has 90 valence electrons. The molecule has 3 heteroatoms. The van der Waals surface area contributed by atoms with Gasteiger partial charge < -0.3 is 15.2 Å². The summed E-state index contributed by atoms with van der Waals surface area (Å²) in [6, 6.07) is 0. The van der Waals surface area contributed by atoms with Crippen molar-refractivity contribution in [1.29, 1.82) is 0 Å². The molecule has 1 saturated heterocycles. The Labute approximate surface area is 93.2 Å². The third-order valence-electron chi connectivity index (χ3n) is 2.93. The lowest BCUT2D eigenvalue weighted by molar-refractivity contribution is -0.0150. The molecule has 1 heterocycles. The molecule has 0 radical (unpaired) electrons. The molecule has 0 aromatic rings. The molecule has 1 aliphatic heterocycles. The molecule has 3 nitrogen and oxygen atoms in total. The Bertz CT molecular complexity index is 182. The van der Waals surface area contributed by atoms with Gasteiger partial charge in [-0.2, -0.15) is 0 Å². The zero-order chi connectivity index (χ0) is 11.3. The average Bonchev–Trinajstić information content (AvgIpc) is 2.46. The lowest BCUT2D eigenvalue weighted by Gasteiger charge is -2.20. The predicted molar refractivity (Wildman–Crippen MR) is 62.0 cm³/mol. The molecule has 1 fully saturated rings. The van der Waals surface area contributed by atoms with Crippen LogP contribution in [0.15, 0.2) is 0 Å². The Balaban J connectivity index is 2.06. The number of nitrogens with one attached hydrogen (secondary N) is 1. The van der Waals surface area contributed by atoms with Gasteiger partial charge in [-0.15, -0.1) is 0 Å². The highest BCUT2D eigenvalue weighted by molar-refractivity contribution is 4.82. The fourth-order valence-corrected chi connectivity index (χ4v) is 2.07. The van der Waals surface area contributed by atoms with Crippen LogP contribution in [0.4, 0.5) is 0 Å². The van der Waals surface area contributed by atoms with Gasteiger partial charge in [-0.3, -0.25) is 0 Å². The second-order valence-electron chi connectivity index (χ2n) is 5.14. The van der Waals surface area contributed by atoms with Crippen LogP contribution < -0.4 is 5.32 Å². The minimum Gasteiger partial charge on any atom is -0.392 e. The molecule has 0 aromatic carbocycles. The normalized spacial score (nSPS) is 26.8. The van der Waals surface area contributed by atoms with Gasteiger partial charge in [-0.25, -0.2) is 0 Å². The third-order valence-corrected chi connectivity index (χ3v) is 2.93. The summed E-state index contributed by atoms with van der Waals surface area (Å²) in [5, 5.41) is 12.8. The molecular formula is C12H25NO2. The highest BCUT2D eigenvalue weighted by Crippen LogP contribution is 2.28. The fraction of sp³-hybridized carbons (Fsp3) is 1.00. The van der Waals surface area contributed by atoms with Gasteiger partial charge in [0.05, 0.1) is 17.8 Å².